The molecule has 1 saturated heterocycles. The number of carbonyl (C=O) groups is 2. The lowest BCUT2D eigenvalue weighted by Crippen LogP contribution is -2.50. The number of nitrogens with zero attached hydrogens (tertiary/aromatic N) is 4. The van der Waals surface area contributed by atoms with Crippen LogP contribution in [0, 0.1) is 12.3 Å². The Morgan fingerprint density at radius 1 is 1.06 bits per heavy atom. The molecule has 2 aromatic heterocycles. The first kappa shape index (κ1) is 23.0. The molecular formula is C27H30N6O2. The second-order valence-electron chi connectivity index (χ2n) is 9.42. The van der Waals surface area contributed by atoms with E-state index in [0.717, 1.165) is 59.0 Å². The van der Waals surface area contributed by atoms with Gasteiger partial charge in [-0.3, -0.25) is 14.6 Å². The van der Waals surface area contributed by atoms with Crippen LogP contribution >= 0.6 is 0 Å². The number of nitrogen functional groups attached to an aromatic ring is 1. The van der Waals surface area contributed by atoms with E-state index < -0.39 is 0 Å². The number of pyridine rings is 2. The molecule has 0 spiro atoms. The molecule has 0 saturated carbocycles. The summed E-state index contributed by atoms with van der Waals surface area (Å²) in [5.74, 6) is -0.0772. The van der Waals surface area contributed by atoms with Crippen LogP contribution in [0.2, 0.25) is 0 Å². The molecule has 0 radical (unpaired) electrons. The van der Waals surface area contributed by atoms with Gasteiger partial charge in [0, 0.05) is 67.7 Å². The molecule has 180 valence electrons. The average Bonchev–Trinajstić information content (AvgIpc) is 2.88. The highest BCUT2D eigenvalue weighted by Crippen LogP contribution is 2.38. The molecule has 8 nitrogen and oxygen atoms in total. The van der Waals surface area contributed by atoms with Crippen LogP contribution in [0.25, 0.3) is 22.2 Å². The topological polar surface area (TPSA) is 116 Å². The summed E-state index contributed by atoms with van der Waals surface area (Å²) in [6.45, 7) is 5.69. The molecular weight excluding hydrogens is 440 g/mol. The summed E-state index contributed by atoms with van der Waals surface area (Å²) in [5.41, 5.74) is 14.1. The van der Waals surface area contributed by atoms with Gasteiger partial charge >= 0.3 is 0 Å². The van der Waals surface area contributed by atoms with Gasteiger partial charge in [0.05, 0.1) is 11.2 Å². The molecule has 1 fully saturated rings. The zero-order valence-corrected chi connectivity index (χ0v) is 20.2. The summed E-state index contributed by atoms with van der Waals surface area (Å²) < 4.78 is 0. The lowest BCUT2D eigenvalue weighted by atomic mass is 9.84. The summed E-state index contributed by atoms with van der Waals surface area (Å²) in [7, 11) is 0. The second-order valence-corrected chi connectivity index (χ2v) is 9.42. The van der Waals surface area contributed by atoms with Gasteiger partial charge in [-0.1, -0.05) is 0 Å². The maximum Gasteiger partial charge on any atom is 0.272 e. The molecule has 1 aliphatic heterocycles. The molecule has 8 heteroatoms. The van der Waals surface area contributed by atoms with Gasteiger partial charge in [0.25, 0.3) is 5.91 Å². The summed E-state index contributed by atoms with van der Waals surface area (Å²) in [4.78, 5) is 37.6. The van der Waals surface area contributed by atoms with Crippen molar-refractivity contribution < 1.29 is 9.59 Å². The number of amides is 2. The van der Waals surface area contributed by atoms with Gasteiger partial charge < -0.3 is 20.9 Å². The van der Waals surface area contributed by atoms with Crippen LogP contribution in [-0.4, -0.2) is 64.0 Å². The highest BCUT2D eigenvalue weighted by molar-refractivity contribution is 6.06. The van der Waals surface area contributed by atoms with E-state index in [4.69, 9.17) is 16.1 Å². The number of piperazine rings is 1. The van der Waals surface area contributed by atoms with Crippen LogP contribution in [0.5, 0.6) is 0 Å². The Bertz CT molecular complexity index is 1340. The fraction of sp³-hybridized carbons (Fsp3) is 0.370. The van der Waals surface area contributed by atoms with E-state index in [1.807, 2.05) is 19.1 Å². The molecule has 35 heavy (non-hydrogen) atoms. The van der Waals surface area contributed by atoms with Gasteiger partial charge in [-0.25, -0.2) is 4.98 Å². The highest BCUT2D eigenvalue weighted by atomic mass is 16.2. The van der Waals surface area contributed by atoms with E-state index in [1.165, 1.54) is 17.3 Å². The molecule has 3 heterocycles. The molecule has 0 atom stereocenters. The summed E-state index contributed by atoms with van der Waals surface area (Å²) in [6, 6.07) is 5.59. The fourth-order valence-electron chi connectivity index (χ4n) is 5.36. The number of hydrogen-bond donors (Lipinski definition) is 2. The normalized spacial score (nSPS) is 15.7. The number of nitrogens with two attached hydrogens (primary N) is 1. The molecule has 2 aliphatic rings. The Balaban J connectivity index is 1.51. The number of fused-ring (bicyclic) bond motifs is 3. The van der Waals surface area contributed by atoms with Crippen molar-refractivity contribution in [2.45, 2.75) is 39.5 Å². The van der Waals surface area contributed by atoms with E-state index in [1.54, 1.807) is 29.0 Å². The number of benzene rings is 1. The van der Waals surface area contributed by atoms with E-state index in [0.29, 0.717) is 37.6 Å². The van der Waals surface area contributed by atoms with Crippen molar-refractivity contribution in [1.29, 1.82) is 5.41 Å². The minimum atomic E-state index is -0.116. The van der Waals surface area contributed by atoms with Crippen molar-refractivity contribution in [2.75, 3.05) is 31.9 Å². The number of hydrogen-bond acceptors (Lipinski definition) is 6. The van der Waals surface area contributed by atoms with Crippen molar-refractivity contribution in [1.82, 2.24) is 19.8 Å². The third kappa shape index (κ3) is 4.03. The Morgan fingerprint density at radius 3 is 2.37 bits per heavy atom. The number of aromatic nitrogens is 2. The first-order valence-electron chi connectivity index (χ1n) is 12.1. The first-order valence-corrected chi connectivity index (χ1v) is 12.1. The van der Waals surface area contributed by atoms with Crippen LogP contribution in [-0.2, 0) is 17.6 Å². The summed E-state index contributed by atoms with van der Waals surface area (Å²) in [6.07, 6.45) is 7.11. The van der Waals surface area contributed by atoms with Gasteiger partial charge in [-0.05, 0) is 67.5 Å². The Morgan fingerprint density at radius 2 is 1.74 bits per heavy atom. The predicted octanol–water partition coefficient (Wildman–Crippen LogP) is 3.37. The maximum atomic E-state index is 13.0. The second kappa shape index (κ2) is 9.09. The molecule has 3 N–H and O–H groups in total. The van der Waals surface area contributed by atoms with Gasteiger partial charge in [0.15, 0.2) is 0 Å². The van der Waals surface area contributed by atoms with Crippen LogP contribution < -0.4 is 5.73 Å². The van der Waals surface area contributed by atoms with E-state index in [2.05, 4.69) is 4.98 Å². The molecule has 1 aromatic carbocycles. The van der Waals surface area contributed by atoms with Crippen LogP contribution in [0.4, 0.5) is 5.69 Å². The minimum absolute atomic E-state index is 0.0384. The number of aryl methyl sites for hydroxylation is 2. The molecule has 0 bridgehead atoms. The van der Waals surface area contributed by atoms with Crippen LogP contribution in [0.15, 0.2) is 24.4 Å². The number of anilines is 1. The van der Waals surface area contributed by atoms with Crippen molar-refractivity contribution in [2.24, 2.45) is 0 Å². The van der Waals surface area contributed by atoms with Crippen LogP contribution in [0.1, 0.15) is 52.5 Å². The third-order valence-electron chi connectivity index (χ3n) is 7.25. The summed E-state index contributed by atoms with van der Waals surface area (Å²) >= 11 is 0. The molecule has 1 aliphatic carbocycles. The van der Waals surface area contributed by atoms with Gasteiger partial charge in [-0.15, -0.1) is 0 Å². The molecule has 5 rings (SSSR count). The Kier molecular flexibility index (Phi) is 5.96. The SMILES string of the molecule is CC(=O)N1CCN(C(=O)c2ccc(-c3nc4c(C)cc(N)c(C=N)c4c4c3CCCC4)cn2)CC1. The zero-order chi connectivity index (χ0) is 24.7. The minimum Gasteiger partial charge on any atom is -0.398 e. The average molecular weight is 471 g/mol. The standard InChI is InChI=1S/C27H30N6O2/c1-16-13-22(29)21(14-28)24-19-5-3-4-6-20(19)26(31-25(16)24)18-7-8-23(30-15-18)27(35)33-11-9-32(10-12-33)17(2)34/h7-8,13-15,28H,3-6,9-12,29H2,1-2H3. The van der Waals surface area contributed by atoms with E-state index in [-0.39, 0.29) is 11.8 Å². The largest absolute Gasteiger partial charge is 0.398 e. The highest BCUT2D eigenvalue weighted by Gasteiger charge is 2.25. The molecule has 2 amide bonds. The third-order valence-corrected chi connectivity index (χ3v) is 7.25. The monoisotopic (exact) mass is 470 g/mol. The molecule has 0 unspecified atom stereocenters. The van der Waals surface area contributed by atoms with Crippen molar-refractivity contribution in [3.05, 3.63) is 52.3 Å². The number of carbonyl (C=O) groups excluding carboxylic acids is 2. The van der Waals surface area contributed by atoms with Crippen molar-refractivity contribution in [3.63, 3.8) is 0 Å². The van der Waals surface area contributed by atoms with Gasteiger partial charge in [0.1, 0.15) is 5.69 Å². The van der Waals surface area contributed by atoms with E-state index in [9.17, 15) is 9.59 Å². The van der Waals surface area contributed by atoms with Gasteiger partial charge in [-0.2, -0.15) is 0 Å². The lowest BCUT2D eigenvalue weighted by molar-refractivity contribution is -0.130. The Hall–Kier alpha value is -3.81. The zero-order valence-electron chi connectivity index (χ0n) is 20.2. The Labute approximate surface area is 204 Å². The first-order chi connectivity index (χ1) is 16.9. The number of rotatable bonds is 3. The summed E-state index contributed by atoms with van der Waals surface area (Å²) in [5, 5.41) is 8.95. The quantitative estimate of drug-likeness (QED) is 0.450. The smallest absolute Gasteiger partial charge is 0.272 e. The van der Waals surface area contributed by atoms with Crippen molar-refractivity contribution in [3.8, 4) is 11.3 Å². The predicted molar refractivity (Wildman–Crippen MR) is 137 cm³/mol. The maximum absolute atomic E-state index is 13.0. The molecule has 3 aromatic rings. The number of nitrogens with one attached hydrogen (secondary N) is 1. The van der Waals surface area contributed by atoms with Crippen LogP contribution in [0.3, 0.4) is 0 Å². The fourth-order valence-corrected chi connectivity index (χ4v) is 5.36. The lowest BCUT2D eigenvalue weighted by Gasteiger charge is -2.34. The van der Waals surface area contributed by atoms with E-state index >= 15 is 0 Å². The van der Waals surface area contributed by atoms with Crippen molar-refractivity contribution >= 4 is 34.6 Å². The van der Waals surface area contributed by atoms with Gasteiger partial charge in [0.2, 0.25) is 5.91 Å².